The summed E-state index contributed by atoms with van der Waals surface area (Å²) in [6.45, 7) is 2.60. The van der Waals surface area contributed by atoms with Crippen molar-refractivity contribution in [3.05, 3.63) is 42.2 Å². The van der Waals surface area contributed by atoms with E-state index in [9.17, 15) is 9.59 Å². The van der Waals surface area contributed by atoms with Crippen LogP contribution in [0.5, 0.6) is 0 Å². The van der Waals surface area contributed by atoms with Crippen LogP contribution in [0.1, 0.15) is 62.4 Å². The van der Waals surface area contributed by atoms with Crippen LogP contribution in [0, 0.1) is 23.2 Å². The monoisotopic (exact) mass is 406 g/mol. The van der Waals surface area contributed by atoms with Crippen molar-refractivity contribution in [2.45, 2.75) is 58.4 Å². The normalized spacial score (nSPS) is 29.0. The molecular weight excluding hydrogens is 376 g/mol. The average molecular weight is 407 g/mol. The summed E-state index contributed by atoms with van der Waals surface area (Å²) in [6.07, 6.45) is 10.0. The summed E-state index contributed by atoms with van der Waals surface area (Å²) < 4.78 is 1.69. The second kappa shape index (κ2) is 7.56. The lowest BCUT2D eigenvalue weighted by atomic mass is 9.49. The van der Waals surface area contributed by atoms with Gasteiger partial charge in [-0.3, -0.25) is 14.3 Å². The minimum atomic E-state index is -0.307. The van der Waals surface area contributed by atoms with Gasteiger partial charge in [-0.05, 0) is 80.8 Å². The second-order valence-corrected chi connectivity index (χ2v) is 9.71. The highest BCUT2D eigenvalue weighted by Crippen LogP contribution is 2.61. The molecular formula is C24H30N4O2. The fraction of sp³-hybridized carbons (Fsp3) is 0.542. The number of nitrogens with one attached hydrogen (secondary N) is 2. The third-order valence-corrected chi connectivity index (χ3v) is 7.31. The molecule has 0 saturated heterocycles. The molecule has 0 unspecified atom stereocenters. The van der Waals surface area contributed by atoms with Gasteiger partial charge < -0.3 is 10.6 Å². The van der Waals surface area contributed by atoms with E-state index in [0.717, 1.165) is 17.8 Å². The van der Waals surface area contributed by atoms with Gasteiger partial charge >= 0.3 is 0 Å². The Balaban J connectivity index is 1.30. The van der Waals surface area contributed by atoms with E-state index in [1.165, 1.54) is 38.5 Å². The van der Waals surface area contributed by atoms with Gasteiger partial charge in [0.1, 0.15) is 0 Å². The number of nitrogens with zero attached hydrogens (tertiary/aromatic N) is 2. The molecule has 4 aliphatic rings. The number of aryl methyl sites for hydroxylation is 1. The second-order valence-electron chi connectivity index (χ2n) is 9.71. The summed E-state index contributed by atoms with van der Waals surface area (Å²) in [4.78, 5) is 25.9. The lowest BCUT2D eigenvalue weighted by Gasteiger charge is -2.56. The first-order chi connectivity index (χ1) is 14.5. The molecule has 0 radical (unpaired) electrons. The van der Waals surface area contributed by atoms with Crippen LogP contribution < -0.4 is 10.6 Å². The fourth-order valence-electron chi connectivity index (χ4n) is 6.60. The molecule has 6 nitrogen and oxygen atoms in total. The number of hydrogen-bond acceptors (Lipinski definition) is 3. The first kappa shape index (κ1) is 19.3. The molecule has 2 N–H and O–H groups in total. The van der Waals surface area contributed by atoms with E-state index in [0.29, 0.717) is 24.3 Å². The van der Waals surface area contributed by atoms with Crippen molar-refractivity contribution in [3.8, 4) is 0 Å². The van der Waals surface area contributed by atoms with Gasteiger partial charge in [-0.1, -0.05) is 18.2 Å². The quantitative estimate of drug-likeness (QED) is 0.730. The van der Waals surface area contributed by atoms with E-state index in [1.54, 1.807) is 10.9 Å². The minimum absolute atomic E-state index is 0.0152. The van der Waals surface area contributed by atoms with Crippen molar-refractivity contribution < 1.29 is 9.59 Å². The average Bonchev–Trinajstić information content (AvgIpc) is 3.10. The molecule has 2 amide bonds. The topological polar surface area (TPSA) is 76.0 Å². The number of benzene rings is 1. The van der Waals surface area contributed by atoms with Gasteiger partial charge in [-0.15, -0.1) is 0 Å². The predicted molar refractivity (Wildman–Crippen MR) is 116 cm³/mol. The Morgan fingerprint density at radius 2 is 1.67 bits per heavy atom. The molecule has 1 aromatic heterocycles. The number of carbonyl (C=O) groups is 2. The van der Waals surface area contributed by atoms with Crippen LogP contribution in [-0.4, -0.2) is 21.6 Å². The molecule has 0 atom stereocenters. The predicted octanol–water partition coefficient (Wildman–Crippen LogP) is 4.70. The highest BCUT2D eigenvalue weighted by molar-refractivity contribution is 6.08. The standard InChI is InChI=1S/C24H30N4O2/c1-2-28-15-20(22(27-28)23(30)25-19-6-4-3-5-7-19)26-21(29)14-24-11-16-8-17(12-24)10-18(9-16)13-24/h3-7,15-18H,2,8-14H2,1H3,(H,25,30)(H,26,29). The van der Waals surface area contributed by atoms with Gasteiger partial charge in [-0.25, -0.2) is 0 Å². The SMILES string of the molecule is CCn1cc(NC(=O)CC23CC4CC(CC(C4)C2)C3)c(C(=O)Nc2ccccc2)n1. The van der Waals surface area contributed by atoms with E-state index >= 15 is 0 Å². The molecule has 1 heterocycles. The van der Waals surface area contributed by atoms with E-state index in [1.807, 2.05) is 37.3 Å². The molecule has 6 rings (SSSR count). The van der Waals surface area contributed by atoms with E-state index in [2.05, 4.69) is 15.7 Å². The Bertz CT molecular complexity index is 914. The van der Waals surface area contributed by atoms with Gasteiger partial charge in [0.2, 0.25) is 5.91 Å². The molecule has 6 heteroatoms. The van der Waals surface area contributed by atoms with Crippen molar-refractivity contribution in [2.75, 3.05) is 10.6 Å². The first-order valence-electron chi connectivity index (χ1n) is 11.3. The maximum atomic E-state index is 13.0. The molecule has 4 aliphatic carbocycles. The van der Waals surface area contributed by atoms with Gasteiger partial charge in [0.05, 0.1) is 5.69 Å². The zero-order valence-electron chi connectivity index (χ0n) is 17.6. The molecule has 4 saturated carbocycles. The Morgan fingerprint density at radius 1 is 1.03 bits per heavy atom. The number of carbonyl (C=O) groups excluding carboxylic acids is 2. The van der Waals surface area contributed by atoms with Crippen LogP contribution >= 0.6 is 0 Å². The molecule has 30 heavy (non-hydrogen) atoms. The highest BCUT2D eigenvalue weighted by atomic mass is 16.2. The third-order valence-electron chi connectivity index (χ3n) is 7.31. The lowest BCUT2D eigenvalue weighted by molar-refractivity contribution is -0.124. The van der Waals surface area contributed by atoms with Crippen LogP contribution in [0.3, 0.4) is 0 Å². The van der Waals surface area contributed by atoms with Gasteiger partial charge in [0.25, 0.3) is 5.91 Å². The maximum absolute atomic E-state index is 13.0. The summed E-state index contributed by atoms with van der Waals surface area (Å²) in [5.41, 5.74) is 1.64. The van der Waals surface area contributed by atoms with E-state index in [4.69, 9.17) is 0 Å². The lowest BCUT2D eigenvalue weighted by Crippen LogP contribution is -2.47. The van der Waals surface area contributed by atoms with Gasteiger partial charge in [-0.2, -0.15) is 5.10 Å². The van der Waals surface area contributed by atoms with Crippen molar-refractivity contribution in [2.24, 2.45) is 23.2 Å². The zero-order chi connectivity index (χ0) is 20.7. The number of amides is 2. The Labute approximate surface area is 177 Å². The summed E-state index contributed by atoms with van der Waals surface area (Å²) >= 11 is 0. The molecule has 4 fully saturated rings. The van der Waals surface area contributed by atoms with Crippen LogP contribution in [0.2, 0.25) is 0 Å². The minimum Gasteiger partial charge on any atom is -0.323 e. The molecule has 1 aromatic carbocycles. The molecule has 4 bridgehead atoms. The number of para-hydroxylation sites is 1. The third kappa shape index (κ3) is 3.75. The molecule has 158 valence electrons. The molecule has 2 aromatic rings. The molecule has 0 aliphatic heterocycles. The number of hydrogen-bond donors (Lipinski definition) is 2. The van der Waals surface area contributed by atoms with Crippen molar-refractivity contribution in [3.63, 3.8) is 0 Å². The van der Waals surface area contributed by atoms with Crippen molar-refractivity contribution >= 4 is 23.2 Å². The fourth-order valence-corrected chi connectivity index (χ4v) is 6.60. The Morgan fingerprint density at radius 3 is 2.27 bits per heavy atom. The summed E-state index contributed by atoms with van der Waals surface area (Å²) in [7, 11) is 0. The van der Waals surface area contributed by atoms with Crippen LogP contribution in [-0.2, 0) is 11.3 Å². The van der Waals surface area contributed by atoms with Crippen LogP contribution in [0.15, 0.2) is 36.5 Å². The summed E-state index contributed by atoms with van der Waals surface area (Å²) in [5, 5.41) is 10.3. The molecule has 0 spiro atoms. The zero-order valence-corrected chi connectivity index (χ0v) is 17.6. The summed E-state index contributed by atoms with van der Waals surface area (Å²) in [5.74, 6) is 2.16. The van der Waals surface area contributed by atoms with E-state index in [-0.39, 0.29) is 22.9 Å². The van der Waals surface area contributed by atoms with Crippen molar-refractivity contribution in [1.82, 2.24) is 9.78 Å². The Kier molecular flexibility index (Phi) is 4.88. The van der Waals surface area contributed by atoms with E-state index < -0.39 is 0 Å². The maximum Gasteiger partial charge on any atom is 0.278 e. The highest BCUT2D eigenvalue weighted by Gasteiger charge is 2.51. The van der Waals surface area contributed by atoms with Crippen LogP contribution in [0.4, 0.5) is 11.4 Å². The Hall–Kier alpha value is -2.63. The van der Waals surface area contributed by atoms with Crippen molar-refractivity contribution in [1.29, 1.82) is 0 Å². The summed E-state index contributed by atoms with van der Waals surface area (Å²) in [6, 6.07) is 9.31. The van der Waals surface area contributed by atoms with Gasteiger partial charge in [0, 0.05) is 24.8 Å². The first-order valence-corrected chi connectivity index (χ1v) is 11.3. The smallest absolute Gasteiger partial charge is 0.278 e. The van der Waals surface area contributed by atoms with Crippen LogP contribution in [0.25, 0.3) is 0 Å². The number of anilines is 2. The number of rotatable bonds is 6. The van der Waals surface area contributed by atoms with Gasteiger partial charge in [0.15, 0.2) is 5.69 Å². The number of aromatic nitrogens is 2. The largest absolute Gasteiger partial charge is 0.323 e.